The van der Waals surface area contributed by atoms with Gasteiger partial charge in [-0.3, -0.25) is 8.78 Å². The van der Waals surface area contributed by atoms with Crippen LogP contribution < -0.4 is 0 Å². The molecule has 18 heteroatoms. The van der Waals surface area contributed by atoms with Crippen LogP contribution in [0.5, 0.6) is 0 Å². The van der Waals surface area contributed by atoms with Crippen molar-refractivity contribution in [3.05, 3.63) is 152 Å². The van der Waals surface area contributed by atoms with Crippen LogP contribution in [0.1, 0.15) is 409 Å². The predicted octanol–water partition coefficient (Wildman–Crippen LogP) is 43.3. The van der Waals surface area contributed by atoms with E-state index in [9.17, 15) is 8.78 Å². The van der Waals surface area contributed by atoms with E-state index in [0.717, 1.165) is 6.42 Å². The van der Waals surface area contributed by atoms with Crippen LogP contribution in [0.25, 0.3) is 59.9 Å². The van der Waals surface area contributed by atoms with Gasteiger partial charge in [-0.1, -0.05) is 275 Å². The Labute approximate surface area is 823 Å². The number of hydrogen-bond donors (Lipinski definition) is 1. The third-order valence-corrected chi connectivity index (χ3v) is 36.2. The van der Waals surface area contributed by atoms with Crippen molar-refractivity contribution in [3.63, 3.8) is 0 Å². The Morgan fingerprint density at radius 3 is 1.02 bits per heavy atom. The predicted molar refractivity (Wildman–Crippen MR) is 581 cm³/mol. The molecule has 0 N–H and O–H groups in total. The Bertz CT molecular complexity index is 4240. The Morgan fingerprint density at radius 1 is 0.336 bits per heavy atom. The number of halogens is 6. The molecule has 0 atom stereocenters. The number of alkyl halides is 2. The van der Waals surface area contributed by atoms with Crippen LogP contribution in [-0.2, 0) is 57.8 Å². The molecule has 0 saturated heterocycles. The summed E-state index contributed by atoms with van der Waals surface area (Å²) in [6.07, 6.45) is 68.9. The topological polar surface area (TPSA) is 12.4 Å². The molecule has 10 rings (SSSR count). The Kier molecular flexibility index (Phi) is 62.5. The number of aryl methyl sites for hydroxylation is 9. The van der Waals surface area contributed by atoms with Gasteiger partial charge in [0.05, 0.1) is 32.2 Å². The number of hydrogen-bond acceptors (Lipinski definition) is 11. The van der Waals surface area contributed by atoms with Crippen LogP contribution in [0.15, 0.2) is 96.5 Å². The third kappa shape index (κ3) is 40.5. The second-order valence-corrected chi connectivity index (χ2v) is 47.6. The van der Waals surface area contributed by atoms with Gasteiger partial charge in [-0.05, 0) is 324 Å². The van der Waals surface area contributed by atoms with Crippen molar-refractivity contribution < 1.29 is 11.5 Å². The average molecular weight is 2110 g/mol. The van der Waals surface area contributed by atoms with E-state index < -0.39 is 14.3 Å². The third-order valence-electron chi connectivity index (χ3n) is 22.7. The molecule has 0 amide bonds. The van der Waals surface area contributed by atoms with Crippen molar-refractivity contribution in [2.75, 3.05) is 14.3 Å². The van der Waals surface area contributed by atoms with E-state index in [-0.39, 0.29) is 7.43 Å². The van der Waals surface area contributed by atoms with Crippen LogP contribution in [-0.4, -0.2) is 21.9 Å². The molecular weight excluding hydrogens is 1950 g/mol. The second-order valence-electron chi connectivity index (χ2n) is 32.7. The van der Waals surface area contributed by atoms with E-state index in [1.807, 2.05) is 68.0 Å². The molecule has 9 aromatic rings. The van der Waals surface area contributed by atoms with Crippen molar-refractivity contribution in [2.45, 2.75) is 404 Å². The number of allylic oxidation sites excluding steroid dienone is 4. The summed E-state index contributed by atoms with van der Waals surface area (Å²) in [4.78, 5) is 18.3. The molecule has 1 nitrogen and oxygen atoms in total. The van der Waals surface area contributed by atoms with Crippen LogP contribution >= 0.6 is 179 Å². The number of thiol groups is 1. The summed E-state index contributed by atoms with van der Waals surface area (Å²) in [6, 6.07) is 22.4. The van der Waals surface area contributed by atoms with E-state index in [2.05, 4.69) is 263 Å². The van der Waals surface area contributed by atoms with Gasteiger partial charge in [0, 0.05) is 64.9 Å². The molecule has 0 aliphatic heterocycles. The van der Waals surface area contributed by atoms with E-state index >= 15 is 0 Å². The second kappa shape index (κ2) is 69.6. The molecule has 1 aliphatic rings. The molecular formula is C104H155BBr4F2NS10. The quantitative estimate of drug-likeness (QED) is 0.0222. The SMILES string of the molecule is C.CCCCCCC1=C(c2cc(CCCCCC)c(Br)s2)CC(c2sc(-c3sc(Br)cc3CCCCCC)cc2CCCCCC)=C1.CCCCCCc1cc(Br)sc1-c1sc(Br)cc1CCCCCC.CCCCCCc1csc(-c2sc(-c3sc(-c4sccc4CCCCCC)cc3CCCCCC)cc2CCCCCC)c1.[2H]CF.[2H]CF.[B]=NS. The zero-order valence-electron chi connectivity index (χ0n) is 77.8. The minimum atomic E-state index is -1.00. The normalized spacial score (nSPS) is 11.9. The summed E-state index contributed by atoms with van der Waals surface area (Å²) >= 11 is 36.4. The Hall–Kier alpha value is -1.23. The summed E-state index contributed by atoms with van der Waals surface area (Å²) in [5.41, 5.74) is 18.8. The first kappa shape index (κ1) is 110. The fourth-order valence-electron chi connectivity index (χ4n) is 16.0. The van der Waals surface area contributed by atoms with Crippen LogP contribution in [0, 0.1) is 0 Å². The molecule has 1 aliphatic carbocycles. The number of unbranched alkanes of at least 4 members (excludes halogenated alkanes) is 30. The minimum absolute atomic E-state index is 0. The van der Waals surface area contributed by atoms with Crippen molar-refractivity contribution in [1.29, 1.82) is 0 Å². The standard InChI is InChI=1S/C41H58Br2S3.C40H58S4.C20H28Br2S2.2CH3F.CH4.BHNS/c1-5-9-13-17-21-30-25-34(26-35(30)36-28-33(41(43)45-36)24-20-16-12-8-4)39-31(22-18-14-10-6-2)27-37(44-39)40-32(29-38(42)46-40)23-19-15-11-7-3;1-5-9-13-17-21-31-27-35(42-30-31)39-33(23-19-15-11-7-3)29-37(44-39)40-34(24-20-16-12-8-4)28-36(43-40)38-32(25-26-41-38)22-18-14-10-6-2;1-3-5-7-9-11-15-13-17(21)23-19(15)20-16(14-18(22)24-20)12-10-8-6-4-2;2*1-2;;1-2-3/h25,27-29H,5-24,26H2,1-4H3;25-30H,5-24H2,1-4H3;13-14H,3-12H2,1-2H3;2*1H3;1H4;3H/i;;;2*1D;;. The molecule has 9 aromatic heterocycles. The molecule has 0 spiro atoms. The van der Waals surface area contributed by atoms with Gasteiger partial charge >= 0.3 is 24.8 Å². The van der Waals surface area contributed by atoms with Crippen LogP contribution in [0.3, 0.4) is 0 Å². The maximum absolute atomic E-state index is 9.96. The van der Waals surface area contributed by atoms with Crippen molar-refractivity contribution in [3.8, 4) is 48.8 Å². The Balaban J connectivity index is 0.000000385. The van der Waals surface area contributed by atoms with Crippen molar-refractivity contribution in [2.24, 2.45) is 4.30 Å². The maximum atomic E-state index is 9.96. The molecule has 0 bridgehead atoms. The first-order chi connectivity index (χ1) is 60.1. The number of nitrogens with zero attached hydrogens (tertiary/aromatic N) is 1. The number of rotatable bonds is 57. The molecule has 681 valence electrons. The van der Waals surface area contributed by atoms with Gasteiger partial charge in [0.2, 0.25) is 0 Å². The van der Waals surface area contributed by atoms with Gasteiger partial charge in [-0.25, -0.2) is 0 Å². The van der Waals surface area contributed by atoms with E-state index in [4.69, 9.17) is 2.74 Å². The van der Waals surface area contributed by atoms with Gasteiger partial charge < -0.3 is 0 Å². The molecule has 0 unspecified atom stereocenters. The zero-order chi connectivity index (χ0) is 89.2. The Morgan fingerprint density at radius 2 is 0.631 bits per heavy atom. The first-order valence-corrected chi connectivity index (χ1v) is 58.0. The van der Waals surface area contributed by atoms with E-state index in [0.29, 0.717) is 0 Å². The summed E-state index contributed by atoms with van der Waals surface area (Å²) in [6.45, 7) is 23.1. The molecule has 9 heterocycles. The monoisotopic (exact) mass is 2100 g/mol. The van der Waals surface area contributed by atoms with Crippen LogP contribution in [0.4, 0.5) is 8.78 Å². The van der Waals surface area contributed by atoms with Crippen molar-refractivity contribution in [1.82, 2.24) is 0 Å². The summed E-state index contributed by atoms with van der Waals surface area (Å²) in [5, 5.41) is 4.78. The van der Waals surface area contributed by atoms with Gasteiger partial charge in [0.25, 0.3) is 0 Å². The molecule has 0 fully saturated rings. The van der Waals surface area contributed by atoms with E-state index in [1.165, 1.54) is 397 Å². The van der Waals surface area contributed by atoms with Gasteiger partial charge in [-0.2, -0.15) is 0 Å². The summed E-state index contributed by atoms with van der Waals surface area (Å²) in [7, 11) is 2.34. The molecule has 0 saturated carbocycles. The molecule has 1 radical (unpaired) electrons. The van der Waals surface area contributed by atoms with Gasteiger partial charge in [0.1, 0.15) is 0 Å². The number of thiophene rings is 9. The summed E-state index contributed by atoms with van der Waals surface area (Å²) < 4.78 is 38.9. The fourth-order valence-corrected chi connectivity index (χ4v) is 29.3. The molecule has 122 heavy (non-hydrogen) atoms. The van der Waals surface area contributed by atoms with Gasteiger partial charge in [-0.15, -0.1) is 102 Å². The van der Waals surface area contributed by atoms with Crippen molar-refractivity contribution >= 4 is 197 Å². The zero-order valence-corrected chi connectivity index (χ0v) is 90.4. The average Bonchev–Trinajstić information content (AvgIpc) is 1.61. The first-order valence-electron chi connectivity index (χ1n) is 48.3. The fraction of sp³-hybridized carbons (Fsp3) is 0.615. The summed E-state index contributed by atoms with van der Waals surface area (Å²) in [5.74, 6) is 0. The van der Waals surface area contributed by atoms with Crippen LogP contribution in [0.2, 0.25) is 0 Å². The van der Waals surface area contributed by atoms with E-state index in [1.54, 1.807) is 64.7 Å². The van der Waals surface area contributed by atoms with Gasteiger partial charge in [0.15, 0.2) is 0 Å². The molecule has 0 aromatic carbocycles.